The van der Waals surface area contributed by atoms with Gasteiger partial charge >= 0.3 is 0 Å². The van der Waals surface area contributed by atoms with Gasteiger partial charge in [0.1, 0.15) is 5.82 Å². The zero-order valence-corrected chi connectivity index (χ0v) is 12.2. The van der Waals surface area contributed by atoms with Gasteiger partial charge < -0.3 is 0 Å². The molecule has 1 heterocycles. The third-order valence-corrected chi connectivity index (χ3v) is 6.12. The predicted octanol–water partition coefficient (Wildman–Crippen LogP) is 3.73. The van der Waals surface area contributed by atoms with E-state index in [1.165, 1.54) is 11.4 Å². The largest absolute Gasteiger partial charge is 0.276 e. The summed E-state index contributed by atoms with van der Waals surface area (Å²) in [6.45, 7) is 0. The van der Waals surface area contributed by atoms with Gasteiger partial charge in [-0.1, -0.05) is 0 Å². The summed E-state index contributed by atoms with van der Waals surface area (Å²) in [6.07, 6.45) is 0. The number of anilines is 1. The molecule has 0 aliphatic carbocycles. The molecule has 9 heteroatoms. The highest BCUT2D eigenvalue weighted by atomic mass is 79.9. The number of hydrogen-bond acceptors (Lipinski definition) is 3. The highest BCUT2D eigenvalue weighted by molar-refractivity contribution is 9.10. The van der Waals surface area contributed by atoms with Crippen LogP contribution in [0.2, 0.25) is 0 Å². The van der Waals surface area contributed by atoms with Crippen molar-refractivity contribution in [3.8, 4) is 0 Å². The quantitative estimate of drug-likeness (QED) is 0.835. The van der Waals surface area contributed by atoms with E-state index in [0.717, 1.165) is 11.3 Å². The van der Waals surface area contributed by atoms with E-state index < -0.39 is 33.2 Å². The van der Waals surface area contributed by atoms with Crippen molar-refractivity contribution in [1.29, 1.82) is 0 Å². The van der Waals surface area contributed by atoms with E-state index in [0.29, 0.717) is 10.5 Å². The molecule has 0 fully saturated rings. The predicted molar refractivity (Wildman–Crippen MR) is 69.1 cm³/mol. The molecular formula is C10H5BrF3NO2S2. The molecule has 0 radical (unpaired) electrons. The molecule has 2 rings (SSSR count). The summed E-state index contributed by atoms with van der Waals surface area (Å²) >= 11 is 3.92. The average Bonchev–Trinajstić information content (AvgIpc) is 2.73. The topological polar surface area (TPSA) is 46.2 Å². The lowest BCUT2D eigenvalue weighted by atomic mass is 10.3. The van der Waals surface area contributed by atoms with Crippen LogP contribution in [0.4, 0.5) is 18.9 Å². The van der Waals surface area contributed by atoms with Gasteiger partial charge in [-0.25, -0.2) is 21.6 Å². The molecular weight excluding hydrogens is 367 g/mol. The third-order valence-electron chi connectivity index (χ3n) is 2.08. The minimum Gasteiger partial charge on any atom is -0.276 e. The molecule has 1 N–H and O–H groups in total. The van der Waals surface area contributed by atoms with Gasteiger partial charge in [-0.05, 0) is 27.4 Å². The maximum Gasteiger partial charge on any atom is 0.272 e. The Morgan fingerprint density at radius 3 is 2.32 bits per heavy atom. The normalized spacial score (nSPS) is 11.6. The number of hydrogen-bond donors (Lipinski definition) is 1. The fraction of sp³-hybridized carbons (Fsp3) is 0. The smallest absolute Gasteiger partial charge is 0.272 e. The second kappa shape index (κ2) is 5.14. The fourth-order valence-corrected chi connectivity index (χ4v) is 4.66. The number of halogens is 4. The van der Waals surface area contributed by atoms with Crippen molar-refractivity contribution in [1.82, 2.24) is 0 Å². The van der Waals surface area contributed by atoms with E-state index in [4.69, 9.17) is 0 Å². The molecule has 0 unspecified atom stereocenters. The Morgan fingerprint density at radius 1 is 1.11 bits per heavy atom. The van der Waals surface area contributed by atoms with Gasteiger partial charge in [0.2, 0.25) is 0 Å². The lowest BCUT2D eigenvalue weighted by molar-refractivity contribution is 0.496. The van der Waals surface area contributed by atoms with Crippen LogP contribution < -0.4 is 4.72 Å². The summed E-state index contributed by atoms with van der Waals surface area (Å²) in [5.74, 6) is -3.93. The van der Waals surface area contributed by atoms with E-state index >= 15 is 0 Å². The summed E-state index contributed by atoms with van der Waals surface area (Å²) in [6, 6.07) is 2.22. The molecule has 0 aliphatic rings. The number of sulfonamides is 1. The van der Waals surface area contributed by atoms with Gasteiger partial charge in [0.25, 0.3) is 10.0 Å². The van der Waals surface area contributed by atoms with Crippen LogP contribution in [0.5, 0.6) is 0 Å². The lowest BCUT2D eigenvalue weighted by Crippen LogP contribution is -2.13. The van der Waals surface area contributed by atoms with Crippen LogP contribution in [0.25, 0.3) is 0 Å². The van der Waals surface area contributed by atoms with Crippen LogP contribution in [0.3, 0.4) is 0 Å². The number of nitrogens with one attached hydrogen (secondary N) is 1. The molecule has 102 valence electrons. The van der Waals surface area contributed by atoms with Gasteiger partial charge in [0, 0.05) is 16.6 Å². The number of thiophene rings is 1. The Bertz CT molecular complexity index is 730. The number of benzene rings is 1. The standard InChI is InChI=1S/C10H5BrF3NO2S2/c11-5-1-2-18-10(5)19(16,17)15-9-4-7(13)6(12)3-8(9)14/h1-4,15H. The Morgan fingerprint density at radius 2 is 1.74 bits per heavy atom. The second-order valence-corrected chi connectivity index (χ2v) is 7.06. The first kappa shape index (κ1) is 14.4. The molecule has 0 bridgehead atoms. The molecule has 0 saturated heterocycles. The summed E-state index contributed by atoms with van der Waals surface area (Å²) in [5, 5.41) is 1.51. The van der Waals surface area contributed by atoms with Crippen molar-refractivity contribution in [2.45, 2.75) is 4.21 Å². The Hall–Kier alpha value is -1.06. The van der Waals surface area contributed by atoms with Gasteiger partial charge in [0.05, 0.1) is 5.69 Å². The Labute approximate surface area is 119 Å². The second-order valence-electron chi connectivity index (χ2n) is 3.41. The van der Waals surface area contributed by atoms with E-state index in [1.807, 2.05) is 4.72 Å². The molecule has 19 heavy (non-hydrogen) atoms. The van der Waals surface area contributed by atoms with Crippen LogP contribution in [0, 0.1) is 17.5 Å². The summed E-state index contributed by atoms with van der Waals surface area (Å²) in [4.78, 5) is 0. The van der Waals surface area contributed by atoms with Gasteiger partial charge in [-0.2, -0.15) is 0 Å². The van der Waals surface area contributed by atoms with Gasteiger partial charge in [-0.15, -0.1) is 11.3 Å². The fourth-order valence-electron chi connectivity index (χ4n) is 1.26. The van der Waals surface area contributed by atoms with Crippen LogP contribution in [-0.4, -0.2) is 8.42 Å². The molecule has 0 spiro atoms. The Balaban J connectivity index is 2.42. The van der Waals surface area contributed by atoms with Crippen molar-refractivity contribution in [2.24, 2.45) is 0 Å². The van der Waals surface area contributed by atoms with E-state index in [-0.39, 0.29) is 10.3 Å². The van der Waals surface area contributed by atoms with Crippen molar-refractivity contribution < 1.29 is 21.6 Å². The summed E-state index contributed by atoms with van der Waals surface area (Å²) < 4.78 is 65.0. The van der Waals surface area contributed by atoms with Crippen LogP contribution >= 0.6 is 27.3 Å². The Kier molecular flexibility index (Phi) is 3.88. The SMILES string of the molecule is O=S(=O)(Nc1cc(F)c(F)cc1F)c1sccc1Br. The van der Waals surface area contributed by atoms with E-state index in [2.05, 4.69) is 15.9 Å². The van der Waals surface area contributed by atoms with Gasteiger partial charge in [-0.3, -0.25) is 4.72 Å². The average molecular weight is 372 g/mol. The van der Waals surface area contributed by atoms with Crippen LogP contribution in [0.15, 0.2) is 32.3 Å². The third kappa shape index (κ3) is 2.93. The lowest BCUT2D eigenvalue weighted by Gasteiger charge is -2.08. The molecule has 1 aromatic heterocycles. The summed E-state index contributed by atoms with van der Waals surface area (Å²) in [5.41, 5.74) is -0.654. The first-order chi connectivity index (χ1) is 8.81. The van der Waals surface area contributed by atoms with Crippen molar-refractivity contribution in [3.05, 3.63) is 45.5 Å². The molecule has 0 amide bonds. The molecule has 0 saturated carbocycles. The first-order valence-corrected chi connectivity index (χ1v) is 7.87. The highest BCUT2D eigenvalue weighted by Gasteiger charge is 2.21. The maximum absolute atomic E-state index is 13.4. The zero-order valence-electron chi connectivity index (χ0n) is 8.95. The molecule has 0 aliphatic heterocycles. The first-order valence-electron chi connectivity index (χ1n) is 4.71. The van der Waals surface area contributed by atoms with Crippen LogP contribution in [-0.2, 0) is 10.0 Å². The zero-order chi connectivity index (χ0) is 14.2. The molecule has 0 atom stereocenters. The molecule has 3 nitrogen and oxygen atoms in total. The molecule has 1 aromatic carbocycles. The minimum atomic E-state index is -4.06. The van der Waals surface area contributed by atoms with Crippen molar-refractivity contribution in [2.75, 3.05) is 4.72 Å². The van der Waals surface area contributed by atoms with Crippen molar-refractivity contribution >= 4 is 43.0 Å². The van der Waals surface area contributed by atoms with Crippen LogP contribution in [0.1, 0.15) is 0 Å². The minimum absolute atomic E-state index is 0.0865. The van der Waals surface area contributed by atoms with Crippen molar-refractivity contribution in [3.63, 3.8) is 0 Å². The highest BCUT2D eigenvalue weighted by Crippen LogP contribution is 2.30. The van der Waals surface area contributed by atoms with E-state index in [9.17, 15) is 21.6 Å². The molecule has 2 aromatic rings. The number of rotatable bonds is 3. The van der Waals surface area contributed by atoms with E-state index in [1.54, 1.807) is 0 Å². The van der Waals surface area contributed by atoms with Gasteiger partial charge in [0.15, 0.2) is 15.8 Å². The maximum atomic E-state index is 13.4. The summed E-state index contributed by atoms with van der Waals surface area (Å²) in [7, 11) is -4.06. The monoisotopic (exact) mass is 371 g/mol.